The maximum atomic E-state index is 13.1. The lowest BCUT2D eigenvalue weighted by Crippen LogP contribution is -2.39. The Morgan fingerprint density at radius 3 is 2.65 bits per heavy atom. The van der Waals surface area contributed by atoms with Crippen molar-refractivity contribution in [2.75, 3.05) is 20.3 Å². The molecule has 0 spiro atoms. The van der Waals surface area contributed by atoms with E-state index in [9.17, 15) is 9.18 Å². The smallest absolute Gasteiger partial charge is 0.248 e. The van der Waals surface area contributed by atoms with Gasteiger partial charge >= 0.3 is 0 Å². The van der Waals surface area contributed by atoms with Gasteiger partial charge in [-0.25, -0.2) is 4.39 Å². The van der Waals surface area contributed by atoms with Crippen LogP contribution in [0.5, 0.6) is 0 Å². The monoisotopic (exact) mass is 356 g/mol. The van der Waals surface area contributed by atoms with Gasteiger partial charge in [-0.3, -0.25) is 4.79 Å². The van der Waals surface area contributed by atoms with Crippen molar-refractivity contribution in [1.29, 1.82) is 0 Å². The molecular formula is C20H21FN2O3. The molecule has 0 aromatic heterocycles. The van der Waals surface area contributed by atoms with Crippen molar-refractivity contribution in [2.24, 2.45) is 5.16 Å². The number of rotatable bonds is 7. The Bertz CT molecular complexity index is 762. The van der Waals surface area contributed by atoms with E-state index in [1.54, 1.807) is 17.0 Å². The number of halogens is 1. The van der Waals surface area contributed by atoms with Crippen LogP contribution in [0.3, 0.4) is 0 Å². The van der Waals surface area contributed by atoms with Crippen LogP contribution < -0.4 is 0 Å². The van der Waals surface area contributed by atoms with Gasteiger partial charge in [0.1, 0.15) is 12.4 Å². The third kappa shape index (κ3) is 4.67. The average molecular weight is 356 g/mol. The molecule has 5 nitrogen and oxygen atoms in total. The van der Waals surface area contributed by atoms with Crippen LogP contribution >= 0.6 is 0 Å². The minimum atomic E-state index is -0.288. The highest BCUT2D eigenvalue weighted by Crippen LogP contribution is 2.19. The highest BCUT2D eigenvalue weighted by atomic mass is 19.1. The predicted octanol–water partition coefficient (Wildman–Crippen LogP) is 2.99. The van der Waals surface area contributed by atoms with Crippen LogP contribution in [0.1, 0.15) is 17.5 Å². The molecule has 0 fully saturated rings. The number of nitrogens with zero attached hydrogens (tertiary/aromatic N) is 2. The number of benzene rings is 2. The van der Waals surface area contributed by atoms with Crippen molar-refractivity contribution in [2.45, 2.75) is 19.1 Å². The molecule has 3 rings (SSSR count). The Balaban J connectivity index is 1.64. The van der Waals surface area contributed by atoms with E-state index in [1.165, 1.54) is 19.2 Å². The Morgan fingerprint density at radius 2 is 1.96 bits per heavy atom. The summed E-state index contributed by atoms with van der Waals surface area (Å²) < 4.78 is 18.1. The fourth-order valence-electron chi connectivity index (χ4n) is 2.86. The molecule has 1 heterocycles. The summed E-state index contributed by atoms with van der Waals surface area (Å²) in [6, 6.07) is 15.9. The molecule has 0 aliphatic carbocycles. The molecule has 2 aromatic rings. The zero-order valence-electron chi connectivity index (χ0n) is 14.6. The third-order valence-electron chi connectivity index (χ3n) is 4.17. The SMILES string of the molecule is COCC(=O)N(Cc1ccccc1)C[C@H]1CC(c2ccc(F)cc2)=NO1. The first-order valence-corrected chi connectivity index (χ1v) is 8.45. The van der Waals surface area contributed by atoms with E-state index < -0.39 is 0 Å². The van der Waals surface area contributed by atoms with Gasteiger partial charge in [-0.05, 0) is 23.3 Å². The zero-order chi connectivity index (χ0) is 18.4. The highest BCUT2D eigenvalue weighted by Gasteiger charge is 2.26. The van der Waals surface area contributed by atoms with Gasteiger partial charge in [0.2, 0.25) is 5.91 Å². The number of hydrogen-bond donors (Lipinski definition) is 0. The number of oxime groups is 1. The summed E-state index contributed by atoms with van der Waals surface area (Å²) in [7, 11) is 1.50. The Kier molecular flexibility index (Phi) is 5.96. The van der Waals surface area contributed by atoms with Crippen LogP contribution in [0.25, 0.3) is 0 Å². The van der Waals surface area contributed by atoms with Crippen molar-refractivity contribution < 1.29 is 18.8 Å². The zero-order valence-corrected chi connectivity index (χ0v) is 14.6. The molecule has 136 valence electrons. The number of hydrogen-bond acceptors (Lipinski definition) is 4. The first-order valence-electron chi connectivity index (χ1n) is 8.45. The number of carbonyl (C=O) groups is 1. The number of methoxy groups -OCH3 is 1. The van der Waals surface area contributed by atoms with E-state index in [1.807, 2.05) is 30.3 Å². The molecule has 0 bridgehead atoms. The largest absolute Gasteiger partial charge is 0.390 e. The van der Waals surface area contributed by atoms with Gasteiger partial charge in [-0.2, -0.15) is 0 Å². The van der Waals surface area contributed by atoms with Gasteiger partial charge in [0.15, 0.2) is 6.10 Å². The van der Waals surface area contributed by atoms with Crippen LogP contribution in [0.2, 0.25) is 0 Å². The molecule has 1 amide bonds. The molecule has 0 saturated carbocycles. The molecule has 0 saturated heterocycles. The van der Waals surface area contributed by atoms with E-state index in [-0.39, 0.29) is 24.4 Å². The summed E-state index contributed by atoms with van der Waals surface area (Å²) in [4.78, 5) is 19.6. The first-order chi connectivity index (χ1) is 12.7. The Morgan fingerprint density at radius 1 is 1.23 bits per heavy atom. The minimum Gasteiger partial charge on any atom is -0.390 e. The van der Waals surface area contributed by atoms with E-state index in [0.29, 0.717) is 19.5 Å². The van der Waals surface area contributed by atoms with E-state index in [2.05, 4.69) is 5.16 Å². The van der Waals surface area contributed by atoms with Crippen molar-refractivity contribution in [3.05, 3.63) is 71.5 Å². The van der Waals surface area contributed by atoms with Gasteiger partial charge in [0, 0.05) is 20.1 Å². The first kappa shape index (κ1) is 18.1. The van der Waals surface area contributed by atoms with Gasteiger partial charge in [-0.1, -0.05) is 47.6 Å². The molecule has 1 atom stereocenters. The maximum absolute atomic E-state index is 13.1. The summed E-state index contributed by atoms with van der Waals surface area (Å²) in [5, 5.41) is 4.11. The van der Waals surface area contributed by atoms with Crippen LogP contribution in [0.4, 0.5) is 4.39 Å². The second kappa shape index (κ2) is 8.58. The number of carbonyl (C=O) groups excluding carboxylic acids is 1. The number of amides is 1. The quantitative estimate of drug-likeness (QED) is 0.766. The topological polar surface area (TPSA) is 51.1 Å². The lowest BCUT2D eigenvalue weighted by Gasteiger charge is -2.24. The Labute approximate surface area is 152 Å². The van der Waals surface area contributed by atoms with E-state index in [4.69, 9.17) is 9.57 Å². The lowest BCUT2D eigenvalue weighted by molar-refractivity contribution is -0.137. The van der Waals surface area contributed by atoms with E-state index >= 15 is 0 Å². The van der Waals surface area contributed by atoms with Gasteiger partial charge in [0.25, 0.3) is 0 Å². The fourth-order valence-corrected chi connectivity index (χ4v) is 2.86. The highest BCUT2D eigenvalue weighted by molar-refractivity contribution is 6.01. The molecule has 0 unspecified atom stereocenters. The molecule has 6 heteroatoms. The standard InChI is InChI=1S/C20H21FN2O3/c1-25-14-20(24)23(12-15-5-3-2-4-6-15)13-18-11-19(22-26-18)16-7-9-17(21)10-8-16/h2-10,18H,11-14H2,1H3/t18-/m1/s1. The molecule has 1 aliphatic heterocycles. The van der Waals surface area contributed by atoms with Gasteiger partial charge < -0.3 is 14.5 Å². The molecule has 0 N–H and O–H groups in total. The van der Waals surface area contributed by atoms with Crippen molar-refractivity contribution >= 4 is 11.6 Å². The molecule has 0 radical (unpaired) electrons. The lowest BCUT2D eigenvalue weighted by atomic mass is 10.0. The van der Waals surface area contributed by atoms with Crippen molar-refractivity contribution in [3.8, 4) is 0 Å². The van der Waals surface area contributed by atoms with Crippen molar-refractivity contribution in [1.82, 2.24) is 4.90 Å². The fraction of sp³-hybridized carbons (Fsp3) is 0.300. The summed E-state index contributed by atoms with van der Waals surface area (Å²) in [6.45, 7) is 0.908. The summed E-state index contributed by atoms with van der Waals surface area (Å²) in [5.41, 5.74) is 2.62. The molecular weight excluding hydrogens is 335 g/mol. The summed E-state index contributed by atoms with van der Waals surface area (Å²) in [5.74, 6) is -0.390. The van der Waals surface area contributed by atoms with Gasteiger partial charge in [-0.15, -0.1) is 0 Å². The second-order valence-electron chi connectivity index (χ2n) is 6.17. The van der Waals surface area contributed by atoms with Crippen LogP contribution in [0.15, 0.2) is 59.8 Å². The second-order valence-corrected chi connectivity index (χ2v) is 6.17. The summed E-state index contributed by atoms with van der Waals surface area (Å²) in [6.07, 6.45) is 0.330. The van der Waals surface area contributed by atoms with E-state index in [0.717, 1.165) is 16.8 Å². The normalized spacial score (nSPS) is 16.1. The molecule has 1 aliphatic rings. The molecule has 2 aromatic carbocycles. The van der Waals surface area contributed by atoms with Crippen molar-refractivity contribution in [3.63, 3.8) is 0 Å². The average Bonchev–Trinajstić information content (AvgIpc) is 3.11. The maximum Gasteiger partial charge on any atom is 0.248 e. The number of ether oxygens (including phenoxy) is 1. The van der Waals surface area contributed by atoms with Crippen LogP contribution in [-0.2, 0) is 20.9 Å². The predicted molar refractivity (Wildman–Crippen MR) is 96.2 cm³/mol. The van der Waals surface area contributed by atoms with Gasteiger partial charge in [0.05, 0.1) is 12.3 Å². The molecule has 26 heavy (non-hydrogen) atoms. The van der Waals surface area contributed by atoms with Crippen LogP contribution in [-0.4, -0.2) is 42.9 Å². The third-order valence-corrected chi connectivity index (χ3v) is 4.17. The summed E-state index contributed by atoms with van der Waals surface area (Å²) >= 11 is 0. The Hall–Kier alpha value is -2.73. The minimum absolute atomic E-state index is 0.0191. The van der Waals surface area contributed by atoms with Crippen LogP contribution in [0, 0.1) is 5.82 Å².